The maximum Gasteiger partial charge on any atom is 0.175 e. The minimum atomic E-state index is 0. The molecule has 0 radical (unpaired) electrons. The molecule has 8 fully saturated rings. The van der Waals surface area contributed by atoms with Gasteiger partial charge in [-0.05, 0) is 307 Å². The first kappa shape index (κ1) is 72.6. The highest BCUT2D eigenvalue weighted by Gasteiger charge is 2.30. The molecule has 3 aromatic carbocycles. The summed E-state index contributed by atoms with van der Waals surface area (Å²) in [5.74, 6) is 9.51. The average molecular weight is 1340 g/mol. The van der Waals surface area contributed by atoms with Gasteiger partial charge in [0.2, 0.25) is 0 Å². The van der Waals surface area contributed by atoms with Crippen molar-refractivity contribution in [2.45, 2.75) is 199 Å². The number of hydrogen-bond acceptors (Lipinski definition) is 15. The summed E-state index contributed by atoms with van der Waals surface area (Å²) in [5, 5.41) is 20.5. The van der Waals surface area contributed by atoms with Crippen molar-refractivity contribution < 1.29 is 27.8 Å². The largest absolute Gasteiger partial charge is 0.493 e. The summed E-state index contributed by atoms with van der Waals surface area (Å²) in [7, 11) is 12.6. The van der Waals surface area contributed by atoms with Gasteiger partial charge in [0.1, 0.15) is 17.2 Å². The molecule has 8 aliphatic rings. The van der Waals surface area contributed by atoms with E-state index in [0.29, 0.717) is 0 Å². The normalized spacial score (nSPS) is 20.1. The quantitative estimate of drug-likeness (QED) is 0.0499. The predicted octanol–water partition coefficient (Wildman–Crippen LogP) is 16.3. The lowest BCUT2D eigenvalue weighted by Crippen LogP contribution is -2.37. The topological polar surface area (TPSA) is 134 Å². The van der Waals surface area contributed by atoms with Crippen LogP contribution in [0.25, 0.3) is 32.9 Å². The second-order valence-corrected chi connectivity index (χ2v) is 30.9. The van der Waals surface area contributed by atoms with Crippen molar-refractivity contribution in [1.82, 2.24) is 45.3 Å². The van der Waals surface area contributed by atoms with Crippen LogP contribution in [0.2, 0.25) is 0 Å². The van der Waals surface area contributed by atoms with Crippen LogP contribution in [-0.2, 0) is 38.9 Å². The lowest BCUT2D eigenvalue weighted by atomic mass is 9.87. The van der Waals surface area contributed by atoms with Gasteiger partial charge < -0.3 is 57.6 Å². The minimum absolute atomic E-state index is 0. The maximum absolute atomic E-state index is 6.18. The predicted molar refractivity (Wildman–Crippen MR) is 385 cm³/mol. The molecule has 3 saturated heterocycles. The van der Waals surface area contributed by atoms with E-state index in [9.17, 15) is 0 Å². The van der Waals surface area contributed by atoms with Crippen LogP contribution >= 0.6 is 24.8 Å². The molecular formula is C77H119Cl2N9O6. The number of benzene rings is 3. The van der Waals surface area contributed by atoms with Crippen molar-refractivity contribution in [1.29, 1.82) is 0 Å². The first-order valence-electron chi connectivity index (χ1n) is 37.2. The number of hydrogen-bond donors (Lipinski definition) is 1. The lowest BCUT2D eigenvalue weighted by Gasteiger charge is -2.35. The molecule has 0 bridgehead atoms. The van der Waals surface area contributed by atoms with E-state index in [4.69, 9.17) is 27.8 Å². The van der Waals surface area contributed by atoms with Crippen molar-refractivity contribution in [2.75, 3.05) is 114 Å². The van der Waals surface area contributed by atoms with E-state index in [2.05, 4.69) is 124 Å². The zero-order chi connectivity index (χ0) is 63.2. The van der Waals surface area contributed by atoms with Crippen molar-refractivity contribution >= 4 is 57.7 Å². The average Bonchev–Trinajstić information content (AvgIpc) is 1.64. The number of nitrogens with zero attached hydrogens (tertiary/aromatic N) is 8. The lowest BCUT2D eigenvalue weighted by molar-refractivity contribution is 0.142. The smallest absolute Gasteiger partial charge is 0.175 e. The number of rotatable bonds is 28. The Labute approximate surface area is 576 Å². The minimum Gasteiger partial charge on any atom is -0.493 e. The highest BCUT2D eigenvalue weighted by molar-refractivity contribution is 5.87. The van der Waals surface area contributed by atoms with Gasteiger partial charge in [0.05, 0.1) is 53.6 Å². The molecule has 5 saturated carbocycles. The number of halogens is 2. The summed E-state index contributed by atoms with van der Waals surface area (Å²) in [6.07, 6.45) is 37.0. The second-order valence-electron chi connectivity index (χ2n) is 30.9. The Hall–Kier alpha value is -4.19. The van der Waals surface area contributed by atoms with Crippen LogP contribution in [-0.4, -0.2) is 154 Å². The molecule has 522 valence electrons. The molecule has 14 rings (SSSR count). The molecule has 0 amide bonds. The van der Waals surface area contributed by atoms with Crippen LogP contribution in [0.15, 0.2) is 50.0 Å². The first-order chi connectivity index (χ1) is 45.0. The van der Waals surface area contributed by atoms with Gasteiger partial charge in [-0.1, -0.05) is 54.0 Å². The second kappa shape index (κ2) is 36.1. The highest BCUT2D eigenvalue weighted by atomic mass is 35.5. The summed E-state index contributed by atoms with van der Waals surface area (Å²) in [6, 6.07) is 12.9. The van der Waals surface area contributed by atoms with Crippen molar-refractivity contribution in [3.8, 4) is 17.2 Å². The molecule has 6 aromatic rings. The van der Waals surface area contributed by atoms with E-state index in [1.165, 1.54) is 211 Å². The summed E-state index contributed by atoms with van der Waals surface area (Å²) in [4.78, 5) is 12.0. The third-order valence-corrected chi connectivity index (χ3v) is 22.0. The molecule has 94 heavy (non-hydrogen) atoms. The molecule has 6 heterocycles. The SMILES string of the molecule is CN(C)Cc1c(OCC2CC2)ccc2c(CCC3CCN(CC4CCCCC4)CC3)noc12.CN(C)Cc1c(OCC2CC2)ccc2c(CCC3CCN(CC4CCCCC4)CC3)noc12.CN(C)Cc1c(OCC2CC2)ccc2c(CCC3CCNCC3)noc12.Cl.Cl. The van der Waals surface area contributed by atoms with Crippen LogP contribution in [0.4, 0.5) is 0 Å². The van der Waals surface area contributed by atoms with E-state index in [1.54, 1.807) is 0 Å². The third-order valence-electron chi connectivity index (χ3n) is 22.0. The number of aryl methyl sites for hydroxylation is 3. The Bertz CT molecular complexity index is 3040. The molecule has 0 atom stereocenters. The molecule has 5 aliphatic carbocycles. The standard InChI is InChI=1S/2C28H43N3O2.C21H31N3O2.2ClH/c2*1-30(2)19-25-27(32-20-23-8-9-23)13-11-24-26(29-33-28(24)25)12-10-21-14-16-31(17-15-21)18-22-6-4-3-5-7-22;1-24(2)13-18-20(25-14-16-3-4-16)8-6-17-19(23-26-21(17)18)7-5-15-9-11-22-12-10-15;;/h2*11,13,21-23H,3-10,12,14-20H2,1-2H3;6,8,15-16,22H,3-5,7,9-14H2,1-2H3;2*1H. The summed E-state index contributed by atoms with van der Waals surface area (Å²) >= 11 is 0. The Balaban J connectivity index is 0.000000154. The summed E-state index contributed by atoms with van der Waals surface area (Å²) in [5.41, 5.74) is 9.55. The number of piperidine rings is 3. The monoisotopic (exact) mass is 1340 g/mol. The van der Waals surface area contributed by atoms with Gasteiger partial charge in [0, 0.05) is 48.9 Å². The molecule has 3 aliphatic heterocycles. The fraction of sp³-hybridized carbons (Fsp3) is 0.727. The van der Waals surface area contributed by atoms with Gasteiger partial charge >= 0.3 is 0 Å². The zero-order valence-corrected chi connectivity index (χ0v) is 60.3. The van der Waals surface area contributed by atoms with E-state index in [1.807, 2.05) is 0 Å². The number of aromatic nitrogens is 3. The van der Waals surface area contributed by atoms with Crippen LogP contribution < -0.4 is 19.5 Å². The third kappa shape index (κ3) is 21.2. The molecule has 17 heteroatoms. The van der Waals surface area contributed by atoms with Gasteiger partial charge in [0.25, 0.3) is 0 Å². The number of fused-ring (bicyclic) bond motifs is 3. The van der Waals surface area contributed by atoms with E-state index in [0.717, 1.165) is 192 Å². The highest BCUT2D eigenvalue weighted by Crippen LogP contribution is 2.40. The summed E-state index contributed by atoms with van der Waals surface area (Å²) in [6.45, 7) is 15.0. The van der Waals surface area contributed by atoms with Gasteiger partial charge in [-0.25, -0.2) is 0 Å². The fourth-order valence-corrected chi connectivity index (χ4v) is 15.7. The summed E-state index contributed by atoms with van der Waals surface area (Å²) < 4.78 is 36.1. The first-order valence-corrected chi connectivity index (χ1v) is 37.2. The van der Waals surface area contributed by atoms with Crippen LogP contribution in [0.3, 0.4) is 0 Å². The van der Waals surface area contributed by atoms with E-state index in [-0.39, 0.29) is 24.8 Å². The van der Waals surface area contributed by atoms with Crippen molar-refractivity contribution in [2.24, 2.45) is 47.3 Å². The fourth-order valence-electron chi connectivity index (χ4n) is 15.7. The Kier molecular flexibility index (Phi) is 27.8. The van der Waals surface area contributed by atoms with Gasteiger partial charge in [-0.2, -0.15) is 0 Å². The van der Waals surface area contributed by atoms with Gasteiger partial charge in [0.15, 0.2) is 16.7 Å². The maximum atomic E-state index is 6.18. The van der Waals surface area contributed by atoms with E-state index >= 15 is 0 Å². The Morgan fingerprint density at radius 3 is 0.989 bits per heavy atom. The Morgan fingerprint density at radius 1 is 0.383 bits per heavy atom. The molecule has 0 spiro atoms. The van der Waals surface area contributed by atoms with Crippen molar-refractivity contribution in [3.63, 3.8) is 0 Å². The number of nitrogens with one attached hydrogen (secondary N) is 1. The number of ether oxygens (including phenoxy) is 3. The van der Waals surface area contributed by atoms with E-state index < -0.39 is 0 Å². The molecule has 1 N–H and O–H groups in total. The van der Waals surface area contributed by atoms with Crippen LogP contribution in [0, 0.1) is 47.3 Å². The molecular weight excluding hydrogens is 1220 g/mol. The Morgan fingerprint density at radius 2 is 0.691 bits per heavy atom. The molecule has 0 unspecified atom stereocenters. The molecule has 15 nitrogen and oxygen atoms in total. The van der Waals surface area contributed by atoms with Gasteiger partial charge in [-0.3, -0.25) is 0 Å². The van der Waals surface area contributed by atoms with Crippen molar-refractivity contribution in [3.05, 3.63) is 70.2 Å². The van der Waals surface area contributed by atoms with Crippen LogP contribution in [0.1, 0.15) is 194 Å². The zero-order valence-electron chi connectivity index (χ0n) is 58.6. The van der Waals surface area contributed by atoms with Crippen LogP contribution in [0.5, 0.6) is 17.2 Å². The number of likely N-dealkylation sites (tertiary alicyclic amines) is 2. The molecule has 3 aromatic heterocycles. The van der Waals surface area contributed by atoms with Gasteiger partial charge in [-0.15, -0.1) is 24.8 Å².